The topological polar surface area (TPSA) is 67.5 Å². The van der Waals surface area contributed by atoms with Gasteiger partial charge >= 0.3 is 0 Å². The van der Waals surface area contributed by atoms with Gasteiger partial charge in [0.15, 0.2) is 0 Å². The van der Waals surface area contributed by atoms with Crippen LogP contribution in [0.25, 0.3) is 10.9 Å². The summed E-state index contributed by atoms with van der Waals surface area (Å²) >= 11 is 6.19. The Balaban J connectivity index is 1.40. The van der Waals surface area contributed by atoms with Gasteiger partial charge in [-0.3, -0.25) is 9.78 Å². The van der Waals surface area contributed by atoms with Gasteiger partial charge in [-0.25, -0.2) is 0 Å². The highest BCUT2D eigenvalue weighted by molar-refractivity contribution is 6.31. The molecule has 1 aliphatic rings. The Hall–Kier alpha value is -3.35. The van der Waals surface area contributed by atoms with Gasteiger partial charge in [0.25, 0.3) is 5.91 Å². The molecule has 0 unspecified atom stereocenters. The highest BCUT2D eigenvalue weighted by atomic mass is 35.5. The zero-order chi connectivity index (χ0) is 23.5. The number of carbonyl (C=O) groups excluding carboxylic acids is 1. The molecule has 34 heavy (non-hydrogen) atoms. The molecule has 0 saturated carbocycles. The first-order valence-corrected chi connectivity index (χ1v) is 11.7. The second kappa shape index (κ2) is 9.87. The Morgan fingerprint density at radius 2 is 2.03 bits per heavy atom. The molecule has 1 fully saturated rings. The molecule has 4 aromatic rings. The number of aryl methyl sites for hydroxylation is 1. The predicted octanol–water partition coefficient (Wildman–Crippen LogP) is 5.54. The quantitative estimate of drug-likeness (QED) is 0.381. The van der Waals surface area contributed by atoms with Crippen molar-refractivity contribution in [2.24, 2.45) is 0 Å². The van der Waals surface area contributed by atoms with Gasteiger partial charge in [-0.1, -0.05) is 29.8 Å². The molecule has 1 N–H and O–H groups in total. The molecule has 1 atom stereocenters. The van der Waals surface area contributed by atoms with Crippen molar-refractivity contribution >= 4 is 28.4 Å². The van der Waals surface area contributed by atoms with Crippen LogP contribution in [0.4, 0.5) is 0 Å². The minimum Gasteiger partial charge on any atom is -0.488 e. The van der Waals surface area contributed by atoms with Crippen LogP contribution in [0.1, 0.15) is 33.7 Å². The van der Waals surface area contributed by atoms with Crippen LogP contribution in [0.3, 0.4) is 0 Å². The Morgan fingerprint density at radius 3 is 2.76 bits per heavy atom. The van der Waals surface area contributed by atoms with Gasteiger partial charge in [0, 0.05) is 35.1 Å². The summed E-state index contributed by atoms with van der Waals surface area (Å²) < 4.78 is 11.4. The lowest BCUT2D eigenvalue weighted by Crippen LogP contribution is -2.31. The van der Waals surface area contributed by atoms with Crippen molar-refractivity contribution in [1.29, 1.82) is 0 Å². The number of H-pyrrole nitrogens is 1. The number of aromatic nitrogens is 2. The monoisotopic (exact) mass is 475 g/mol. The molecule has 5 rings (SSSR count). The summed E-state index contributed by atoms with van der Waals surface area (Å²) in [7, 11) is 0. The number of halogens is 1. The number of fused-ring (bicyclic) bond motifs is 1. The third-order valence-electron chi connectivity index (χ3n) is 6.09. The third kappa shape index (κ3) is 4.93. The van der Waals surface area contributed by atoms with Gasteiger partial charge in [-0.15, -0.1) is 0 Å². The standard InChI is InChI=1S/C27H26ClN3O3/c1-18-24-14-20(28)7-10-25(24)30-26(18)27(32)31(16-21-4-2-3-12-29-21)15-19-5-8-22(9-6-19)34-23-11-13-33-17-23/h2-10,12,14,23,30H,11,13,15-17H2,1H3/t23-/m1/s1. The fraction of sp³-hybridized carbons (Fsp3) is 0.259. The number of nitrogens with zero attached hydrogens (tertiary/aromatic N) is 2. The number of pyridine rings is 1. The lowest BCUT2D eigenvalue weighted by Gasteiger charge is -2.23. The molecule has 2 aromatic heterocycles. The molecular formula is C27H26ClN3O3. The number of hydrogen-bond donors (Lipinski definition) is 1. The molecule has 3 heterocycles. The van der Waals surface area contributed by atoms with E-state index in [1.807, 2.05) is 72.5 Å². The van der Waals surface area contributed by atoms with E-state index in [1.54, 1.807) is 6.20 Å². The zero-order valence-corrected chi connectivity index (χ0v) is 19.7. The predicted molar refractivity (Wildman–Crippen MR) is 132 cm³/mol. The first kappa shape index (κ1) is 22.4. The van der Waals surface area contributed by atoms with E-state index in [-0.39, 0.29) is 12.0 Å². The van der Waals surface area contributed by atoms with Gasteiger partial charge in [0.1, 0.15) is 17.5 Å². The summed E-state index contributed by atoms with van der Waals surface area (Å²) in [5, 5.41) is 1.59. The average molecular weight is 476 g/mol. The smallest absolute Gasteiger partial charge is 0.271 e. The van der Waals surface area contributed by atoms with Crippen molar-refractivity contribution in [3.8, 4) is 5.75 Å². The average Bonchev–Trinajstić information content (AvgIpc) is 3.48. The first-order valence-electron chi connectivity index (χ1n) is 11.4. The molecule has 1 aliphatic heterocycles. The lowest BCUT2D eigenvalue weighted by molar-refractivity contribution is 0.0722. The molecule has 7 heteroatoms. The second-order valence-electron chi connectivity index (χ2n) is 8.54. The maximum absolute atomic E-state index is 13.7. The Morgan fingerprint density at radius 1 is 1.18 bits per heavy atom. The van der Waals surface area contributed by atoms with E-state index >= 15 is 0 Å². The summed E-state index contributed by atoms with van der Waals surface area (Å²) in [6.07, 6.45) is 2.75. The lowest BCUT2D eigenvalue weighted by atomic mass is 10.1. The van der Waals surface area contributed by atoms with Gasteiger partial charge in [-0.05, 0) is 60.5 Å². The minimum atomic E-state index is -0.0843. The van der Waals surface area contributed by atoms with E-state index in [0.29, 0.717) is 30.4 Å². The van der Waals surface area contributed by atoms with Crippen molar-refractivity contribution in [1.82, 2.24) is 14.9 Å². The highest BCUT2D eigenvalue weighted by Gasteiger charge is 2.23. The number of rotatable bonds is 7. The number of nitrogens with one attached hydrogen (secondary N) is 1. The first-order chi connectivity index (χ1) is 16.6. The van der Waals surface area contributed by atoms with E-state index in [0.717, 1.165) is 46.5 Å². The summed E-state index contributed by atoms with van der Waals surface area (Å²) in [5.41, 5.74) is 4.18. The third-order valence-corrected chi connectivity index (χ3v) is 6.32. The van der Waals surface area contributed by atoms with E-state index in [4.69, 9.17) is 21.1 Å². The van der Waals surface area contributed by atoms with Crippen LogP contribution >= 0.6 is 11.6 Å². The van der Waals surface area contributed by atoms with Crippen LogP contribution in [-0.4, -0.2) is 40.1 Å². The molecule has 1 amide bonds. The highest BCUT2D eigenvalue weighted by Crippen LogP contribution is 2.27. The Labute approximate surface area is 203 Å². The molecule has 0 aliphatic carbocycles. The van der Waals surface area contributed by atoms with E-state index in [2.05, 4.69) is 9.97 Å². The molecular weight excluding hydrogens is 450 g/mol. The zero-order valence-electron chi connectivity index (χ0n) is 19.0. The van der Waals surface area contributed by atoms with Crippen molar-refractivity contribution in [2.75, 3.05) is 13.2 Å². The summed E-state index contributed by atoms with van der Waals surface area (Å²) in [6.45, 7) is 4.15. The molecule has 6 nitrogen and oxygen atoms in total. The molecule has 174 valence electrons. The van der Waals surface area contributed by atoms with Crippen LogP contribution in [0.2, 0.25) is 5.02 Å². The maximum atomic E-state index is 13.7. The maximum Gasteiger partial charge on any atom is 0.271 e. The molecule has 2 aromatic carbocycles. The number of carbonyl (C=O) groups is 1. The Bertz CT molecular complexity index is 1280. The van der Waals surface area contributed by atoms with Gasteiger partial charge < -0.3 is 19.4 Å². The largest absolute Gasteiger partial charge is 0.488 e. The Kier molecular flexibility index (Phi) is 6.52. The van der Waals surface area contributed by atoms with Gasteiger partial charge in [0.2, 0.25) is 0 Å². The summed E-state index contributed by atoms with van der Waals surface area (Å²) in [6, 6.07) is 19.2. The number of benzene rings is 2. The number of aromatic amines is 1. The van der Waals surface area contributed by atoms with Crippen LogP contribution in [0, 0.1) is 6.92 Å². The molecule has 0 radical (unpaired) electrons. The fourth-order valence-electron chi connectivity index (χ4n) is 4.25. The molecule has 1 saturated heterocycles. The number of hydrogen-bond acceptors (Lipinski definition) is 4. The van der Waals surface area contributed by atoms with Gasteiger partial charge in [0.05, 0.1) is 25.5 Å². The number of amides is 1. The molecule has 0 bridgehead atoms. The van der Waals surface area contributed by atoms with Crippen LogP contribution in [-0.2, 0) is 17.8 Å². The van der Waals surface area contributed by atoms with Crippen LogP contribution in [0.5, 0.6) is 5.75 Å². The van der Waals surface area contributed by atoms with E-state index < -0.39 is 0 Å². The van der Waals surface area contributed by atoms with Crippen molar-refractivity contribution in [2.45, 2.75) is 32.5 Å². The van der Waals surface area contributed by atoms with Crippen LogP contribution < -0.4 is 4.74 Å². The van der Waals surface area contributed by atoms with Crippen molar-refractivity contribution in [3.05, 3.63) is 94.4 Å². The molecule has 0 spiro atoms. The second-order valence-corrected chi connectivity index (χ2v) is 8.98. The summed E-state index contributed by atoms with van der Waals surface area (Å²) in [5.74, 6) is 0.726. The SMILES string of the molecule is Cc1c(C(=O)N(Cc2ccc(O[C@@H]3CCOC3)cc2)Cc2ccccn2)[nH]c2ccc(Cl)cc12. The minimum absolute atomic E-state index is 0.0843. The normalized spacial score (nSPS) is 15.5. The summed E-state index contributed by atoms with van der Waals surface area (Å²) in [4.78, 5) is 23.3. The van der Waals surface area contributed by atoms with Crippen molar-refractivity contribution < 1.29 is 14.3 Å². The van der Waals surface area contributed by atoms with Gasteiger partial charge in [-0.2, -0.15) is 0 Å². The van der Waals surface area contributed by atoms with E-state index in [9.17, 15) is 4.79 Å². The fourth-order valence-corrected chi connectivity index (χ4v) is 4.42. The van der Waals surface area contributed by atoms with E-state index in [1.165, 1.54) is 0 Å². The van der Waals surface area contributed by atoms with Crippen LogP contribution in [0.15, 0.2) is 66.9 Å². The number of ether oxygens (including phenoxy) is 2. The van der Waals surface area contributed by atoms with Crippen molar-refractivity contribution in [3.63, 3.8) is 0 Å².